The summed E-state index contributed by atoms with van der Waals surface area (Å²) < 4.78 is 13.7. The van der Waals surface area contributed by atoms with Crippen molar-refractivity contribution < 1.29 is 14.0 Å². The highest BCUT2D eigenvalue weighted by Gasteiger charge is 2.11. The quantitative estimate of drug-likeness (QED) is 0.911. The number of anilines is 2. The SMILES string of the molecule is CC(=O)Nc1ccc(F)c(NC(=O)c2cccc(C)n2)c1. The normalized spacial score (nSPS) is 10.0. The Morgan fingerprint density at radius 1 is 1.14 bits per heavy atom. The first-order chi connectivity index (χ1) is 9.95. The Labute approximate surface area is 121 Å². The smallest absolute Gasteiger partial charge is 0.274 e. The molecule has 0 aliphatic carbocycles. The summed E-state index contributed by atoms with van der Waals surface area (Å²) in [4.78, 5) is 27.1. The molecule has 1 aromatic carbocycles. The first kappa shape index (κ1) is 14.6. The summed E-state index contributed by atoms with van der Waals surface area (Å²) in [6.45, 7) is 3.10. The number of rotatable bonds is 3. The van der Waals surface area contributed by atoms with E-state index in [2.05, 4.69) is 15.6 Å². The molecule has 2 rings (SSSR count). The van der Waals surface area contributed by atoms with Gasteiger partial charge in [0.1, 0.15) is 11.5 Å². The van der Waals surface area contributed by atoms with E-state index in [0.717, 1.165) is 0 Å². The second kappa shape index (κ2) is 6.13. The third-order valence-corrected chi connectivity index (χ3v) is 2.66. The zero-order chi connectivity index (χ0) is 15.4. The third-order valence-electron chi connectivity index (χ3n) is 2.66. The monoisotopic (exact) mass is 287 g/mol. The van der Waals surface area contributed by atoms with Crippen LogP contribution in [0.2, 0.25) is 0 Å². The highest BCUT2D eigenvalue weighted by molar-refractivity contribution is 6.03. The van der Waals surface area contributed by atoms with Crippen LogP contribution in [-0.2, 0) is 4.79 Å². The molecule has 0 bridgehead atoms. The van der Waals surface area contributed by atoms with Crippen LogP contribution in [-0.4, -0.2) is 16.8 Å². The van der Waals surface area contributed by atoms with Crippen LogP contribution in [0.5, 0.6) is 0 Å². The topological polar surface area (TPSA) is 71.1 Å². The molecule has 0 radical (unpaired) electrons. The minimum Gasteiger partial charge on any atom is -0.326 e. The molecule has 0 spiro atoms. The van der Waals surface area contributed by atoms with Gasteiger partial charge in [0.2, 0.25) is 5.91 Å². The summed E-state index contributed by atoms with van der Waals surface area (Å²) in [6, 6.07) is 8.93. The molecule has 0 atom stereocenters. The summed E-state index contributed by atoms with van der Waals surface area (Å²) in [7, 11) is 0. The van der Waals surface area contributed by atoms with Crippen LogP contribution >= 0.6 is 0 Å². The van der Waals surface area contributed by atoms with Crippen LogP contribution in [0.1, 0.15) is 23.1 Å². The van der Waals surface area contributed by atoms with E-state index in [1.807, 2.05) is 0 Å². The summed E-state index contributed by atoms with van der Waals surface area (Å²) in [5.41, 5.74) is 1.26. The van der Waals surface area contributed by atoms with Gasteiger partial charge in [-0.15, -0.1) is 0 Å². The molecule has 2 aromatic rings. The highest BCUT2D eigenvalue weighted by atomic mass is 19.1. The lowest BCUT2D eigenvalue weighted by Crippen LogP contribution is -2.15. The predicted molar refractivity (Wildman–Crippen MR) is 77.6 cm³/mol. The Morgan fingerprint density at radius 3 is 2.57 bits per heavy atom. The van der Waals surface area contributed by atoms with Gasteiger partial charge in [0.05, 0.1) is 5.69 Å². The molecule has 0 fully saturated rings. The minimum absolute atomic E-state index is 0.0189. The molecule has 6 heteroatoms. The van der Waals surface area contributed by atoms with Crippen molar-refractivity contribution in [3.63, 3.8) is 0 Å². The van der Waals surface area contributed by atoms with Gasteiger partial charge in [0.25, 0.3) is 5.91 Å². The van der Waals surface area contributed by atoms with Crippen molar-refractivity contribution in [2.45, 2.75) is 13.8 Å². The average Bonchev–Trinajstić information content (AvgIpc) is 2.42. The molecular formula is C15H14FN3O2. The molecule has 0 saturated carbocycles. The Bertz CT molecular complexity index is 701. The second-order valence-corrected chi connectivity index (χ2v) is 4.49. The fourth-order valence-electron chi connectivity index (χ4n) is 1.76. The summed E-state index contributed by atoms with van der Waals surface area (Å²) in [5.74, 6) is -1.39. The third kappa shape index (κ3) is 3.85. The van der Waals surface area contributed by atoms with Crippen LogP contribution in [0.15, 0.2) is 36.4 Å². The van der Waals surface area contributed by atoms with Crippen molar-refractivity contribution in [2.75, 3.05) is 10.6 Å². The maximum absolute atomic E-state index is 13.7. The van der Waals surface area contributed by atoms with E-state index in [9.17, 15) is 14.0 Å². The highest BCUT2D eigenvalue weighted by Crippen LogP contribution is 2.20. The van der Waals surface area contributed by atoms with E-state index in [4.69, 9.17) is 0 Å². The first-order valence-electron chi connectivity index (χ1n) is 6.28. The van der Waals surface area contributed by atoms with E-state index < -0.39 is 11.7 Å². The Morgan fingerprint density at radius 2 is 1.90 bits per heavy atom. The van der Waals surface area contributed by atoms with Gasteiger partial charge in [-0.3, -0.25) is 9.59 Å². The van der Waals surface area contributed by atoms with E-state index in [1.54, 1.807) is 19.1 Å². The summed E-state index contributed by atoms with van der Waals surface area (Å²) >= 11 is 0. The van der Waals surface area contributed by atoms with Crippen molar-refractivity contribution in [3.05, 3.63) is 53.6 Å². The van der Waals surface area contributed by atoms with E-state index in [0.29, 0.717) is 11.4 Å². The molecule has 0 saturated heterocycles. The van der Waals surface area contributed by atoms with Crippen LogP contribution in [0.4, 0.5) is 15.8 Å². The molecule has 2 N–H and O–H groups in total. The average molecular weight is 287 g/mol. The van der Waals surface area contributed by atoms with Gasteiger partial charge in [-0.05, 0) is 37.3 Å². The molecule has 1 aromatic heterocycles. The molecule has 0 unspecified atom stereocenters. The number of hydrogen-bond donors (Lipinski definition) is 2. The van der Waals surface area contributed by atoms with Crippen molar-refractivity contribution in [1.29, 1.82) is 0 Å². The zero-order valence-corrected chi connectivity index (χ0v) is 11.6. The lowest BCUT2D eigenvalue weighted by molar-refractivity contribution is -0.114. The number of hydrogen-bond acceptors (Lipinski definition) is 3. The van der Waals surface area contributed by atoms with Gasteiger partial charge in [-0.25, -0.2) is 9.37 Å². The van der Waals surface area contributed by atoms with E-state index in [-0.39, 0.29) is 17.3 Å². The summed E-state index contributed by atoms with van der Waals surface area (Å²) in [5, 5.41) is 4.96. The molecule has 0 aliphatic heterocycles. The number of carbonyl (C=O) groups is 2. The molecular weight excluding hydrogens is 273 g/mol. The van der Waals surface area contributed by atoms with Crippen LogP contribution in [0.3, 0.4) is 0 Å². The van der Waals surface area contributed by atoms with Crippen molar-refractivity contribution >= 4 is 23.2 Å². The van der Waals surface area contributed by atoms with E-state index >= 15 is 0 Å². The van der Waals surface area contributed by atoms with Gasteiger partial charge in [-0.1, -0.05) is 6.07 Å². The number of nitrogens with zero attached hydrogens (tertiary/aromatic N) is 1. The molecule has 5 nitrogen and oxygen atoms in total. The van der Waals surface area contributed by atoms with Crippen LogP contribution in [0.25, 0.3) is 0 Å². The molecule has 2 amide bonds. The summed E-state index contributed by atoms with van der Waals surface area (Å²) in [6.07, 6.45) is 0. The number of halogens is 1. The van der Waals surface area contributed by atoms with Crippen molar-refractivity contribution in [3.8, 4) is 0 Å². The molecule has 0 aliphatic rings. The lowest BCUT2D eigenvalue weighted by Gasteiger charge is -2.09. The predicted octanol–water partition coefficient (Wildman–Crippen LogP) is 2.74. The van der Waals surface area contributed by atoms with E-state index in [1.165, 1.54) is 31.2 Å². The van der Waals surface area contributed by atoms with Crippen molar-refractivity contribution in [2.24, 2.45) is 0 Å². The Kier molecular flexibility index (Phi) is 4.27. The maximum Gasteiger partial charge on any atom is 0.274 e. The van der Waals surface area contributed by atoms with Gasteiger partial charge < -0.3 is 10.6 Å². The molecule has 21 heavy (non-hydrogen) atoms. The number of carbonyl (C=O) groups excluding carboxylic acids is 2. The largest absolute Gasteiger partial charge is 0.326 e. The maximum atomic E-state index is 13.7. The first-order valence-corrected chi connectivity index (χ1v) is 6.28. The Balaban J connectivity index is 2.22. The fraction of sp³-hybridized carbons (Fsp3) is 0.133. The van der Waals surface area contributed by atoms with Crippen molar-refractivity contribution in [1.82, 2.24) is 4.98 Å². The number of aromatic nitrogens is 1. The van der Waals surface area contributed by atoms with Crippen LogP contribution in [0, 0.1) is 12.7 Å². The van der Waals surface area contributed by atoms with Gasteiger partial charge in [-0.2, -0.15) is 0 Å². The number of aryl methyl sites for hydroxylation is 1. The lowest BCUT2D eigenvalue weighted by atomic mass is 10.2. The fourth-order valence-corrected chi connectivity index (χ4v) is 1.76. The van der Waals surface area contributed by atoms with Gasteiger partial charge >= 0.3 is 0 Å². The Hall–Kier alpha value is -2.76. The number of amides is 2. The number of pyridine rings is 1. The molecule has 108 valence electrons. The second-order valence-electron chi connectivity index (χ2n) is 4.49. The number of benzene rings is 1. The van der Waals surface area contributed by atoms with Crippen LogP contribution < -0.4 is 10.6 Å². The molecule has 1 heterocycles. The van der Waals surface area contributed by atoms with Gasteiger partial charge in [0.15, 0.2) is 0 Å². The minimum atomic E-state index is -0.592. The van der Waals surface area contributed by atoms with Gasteiger partial charge in [0, 0.05) is 18.3 Å². The standard InChI is InChI=1S/C15H14FN3O2/c1-9-4-3-5-13(17-9)15(21)19-14-8-11(18-10(2)20)6-7-12(14)16/h3-8H,1-2H3,(H,18,20)(H,19,21). The number of nitrogens with one attached hydrogen (secondary N) is 2. The zero-order valence-electron chi connectivity index (χ0n) is 11.6.